The molecule has 0 spiro atoms. The first kappa shape index (κ1) is 22.6. The van der Waals surface area contributed by atoms with Gasteiger partial charge in [-0.2, -0.15) is 0 Å². The highest BCUT2D eigenvalue weighted by molar-refractivity contribution is 7.13. The zero-order valence-corrected chi connectivity index (χ0v) is 19.2. The third-order valence-corrected chi connectivity index (χ3v) is 5.32. The molecule has 0 saturated carbocycles. The van der Waals surface area contributed by atoms with Crippen molar-refractivity contribution in [3.63, 3.8) is 0 Å². The van der Waals surface area contributed by atoms with E-state index in [4.69, 9.17) is 9.41 Å². The van der Waals surface area contributed by atoms with Crippen LogP contribution >= 0.6 is 11.1 Å². The van der Waals surface area contributed by atoms with Crippen LogP contribution in [0, 0.1) is 12.3 Å². The second-order valence-corrected chi connectivity index (χ2v) is 9.48. The lowest BCUT2D eigenvalue weighted by Gasteiger charge is -2.25. The number of aromatic hydroxyl groups is 1. The maximum absolute atomic E-state index is 12.3. The van der Waals surface area contributed by atoms with Gasteiger partial charge in [-0.3, -0.25) is 4.79 Å². The summed E-state index contributed by atoms with van der Waals surface area (Å²) >= 11 is -1.72. The highest BCUT2D eigenvalue weighted by Gasteiger charge is 2.29. The molecular weight excluding hydrogens is 418 g/mol. The fourth-order valence-electron chi connectivity index (χ4n) is 3.04. The van der Waals surface area contributed by atoms with Crippen molar-refractivity contribution in [3.8, 4) is 5.75 Å². The second-order valence-electron chi connectivity index (χ2n) is 8.59. The Bertz CT molecular complexity index is 1150. The van der Waals surface area contributed by atoms with Gasteiger partial charge in [-0.1, -0.05) is 26.8 Å². The number of anilines is 2. The molecule has 2 atom stereocenters. The predicted molar refractivity (Wildman–Crippen MR) is 118 cm³/mol. The summed E-state index contributed by atoms with van der Waals surface area (Å²) in [5, 5.41) is 13.5. The number of phenols is 1. The van der Waals surface area contributed by atoms with E-state index in [9.17, 15) is 14.5 Å². The zero-order valence-electron chi connectivity index (χ0n) is 18.4. The normalized spacial score (nSPS) is 13.9. The Morgan fingerprint density at radius 1 is 1.39 bits per heavy atom. The van der Waals surface area contributed by atoms with Crippen molar-refractivity contribution < 1.29 is 18.9 Å². The van der Waals surface area contributed by atoms with E-state index in [1.54, 1.807) is 32.5 Å². The number of rotatable bonds is 5. The Balaban J connectivity index is 2.05. The molecule has 1 aromatic carbocycles. The quantitative estimate of drug-likeness (QED) is 0.404. The van der Waals surface area contributed by atoms with Gasteiger partial charge in [0.05, 0.1) is 17.5 Å². The first-order chi connectivity index (χ1) is 14.5. The lowest BCUT2D eigenvalue weighted by molar-refractivity contribution is 0.0824. The summed E-state index contributed by atoms with van der Waals surface area (Å²) in [6.45, 7) is 8.01. The van der Waals surface area contributed by atoms with Crippen molar-refractivity contribution in [2.24, 2.45) is 10.4 Å². The molecule has 0 radical (unpaired) electrons. The number of carbonyl (C=O) groups is 1. The number of hydrogen-bond donors (Lipinski definition) is 3. The number of H-pyrrole nitrogens is 1. The van der Waals surface area contributed by atoms with E-state index in [0.29, 0.717) is 5.76 Å². The molecule has 166 valence electrons. The number of nitrogens with zero attached hydrogens (tertiary/aromatic N) is 3. The van der Waals surface area contributed by atoms with E-state index in [1.807, 2.05) is 33.8 Å². The number of nitrogens with one attached hydrogen (secondary N) is 2. The molecule has 0 aliphatic heterocycles. The van der Waals surface area contributed by atoms with Gasteiger partial charge >= 0.3 is 0 Å². The number of phenolic OH excluding ortho intramolecular Hbond substituents is 1. The average Bonchev–Trinajstić information content (AvgIpc) is 3.24. The number of amides is 1. The Morgan fingerprint density at radius 2 is 2.10 bits per heavy atom. The van der Waals surface area contributed by atoms with Crippen molar-refractivity contribution in [1.29, 1.82) is 0 Å². The molecule has 3 N–H and O–H groups in total. The predicted octanol–water partition coefficient (Wildman–Crippen LogP) is 3.88. The Hall–Kier alpha value is -3.11. The van der Waals surface area contributed by atoms with Crippen molar-refractivity contribution in [2.45, 2.75) is 33.7 Å². The van der Waals surface area contributed by atoms with Crippen LogP contribution in [0.25, 0.3) is 0 Å². The Kier molecular flexibility index (Phi) is 6.23. The van der Waals surface area contributed by atoms with E-state index in [1.165, 1.54) is 11.0 Å². The van der Waals surface area contributed by atoms with E-state index in [0.717, 1.165) is 5.56 Å². The standard InChI is InChI=1S/C21H27N5O4S/c1-12-10-15(30-11-12)17(21(2,3)4)23-19-18(24-31(29)25-19)22-14-9-7-8-13(16(14)27)20(28)26(5)6/h7-11,17,27H,1-6H3,(H,22,24)(H,23,25)/t17-,31?/m0/s1. The maximum atomic E-state index is 12.3. The topological polar surface area (TPSA) is 130 Å². The summed E-state index contributed by atoms with van der Waals surface area (Å²) in [5.74, 6) is 0.305. The number of aromatic nitrogens is 2. The van der Waals surface area contributed by atoms with Crippen LogP contribution in [-0.4, -0.2) is 43.3 Å². The second kappa shape index (κ2) is 8.56. The van der Waals surface area contributed by atoms with Crippen LogP contribution in [0.2, 0.25) is 0 Å². The van der Waals surface area contributed by atoms with Gasteiger partial charge < -0.3 is 24.3 Å². The van der Waals surface area contributed by atoms with Gasteiger partial charge in [0.1, 0.15) is 11.8 Å². The van der Waals surface area contributed by atoms with Crippen LogP contribution < -0.4 is 10.8 Å². The molecule has 10 heteroatoms. The molecule has 1 amide bonds. The van der Waals surface area contributed by atoms with Crippen LogP contribution in [0.15, 0.2) is 39.9 Å². The Labute approximate surface area is 183 Å². The van der Waals surface area contributed by atoms with Gasteiger partial charge in [0.15, 0.2) is 16.9 Å². The molecule has 0 aliphatic rings. The molecule has 3 aromatic rings. The molecule has 2 heterocycles. The van der Waals surface area contributed by atoms with Crippen molar-refractivity contribution in [2.75, 3.05) is 19.4 Å². The van der Waals surface area contributed by atoms with Gasteiger partial charge in [0.25, 0.3) is 5.91 Å². The molecule has 1 unspecified atom stereocenters. The Morgan fingerprint density at radius 3 is 2.68 bits per heavy atom. The summed E-state index contributed by atoms with van der Waals surface area (Å²) in [4.78, 5) is 18.4. The summed E-state index contributed by atoms with van der Waals surface area (Å²) in [6, 6.07) is 6.30. The molecular formula is C21H27N5O4S. The first-order valence-corrected chi connectivity index (χ1v) is 10.8. The van der Waals surface area contributed by atoms with Crippen molar-refractivity contribution >= 4 is 28.6 Å². The van der Waals surface area contributed by atoms with Gasteiger partial charge in [-0.05, 0) is 36.1 Å². The first-order valence-electron chi connectivity index (χ1n) is 9.68. The number of aryl methyl sites for hydroxylation is 1. The minimum Gasteiger partial charge on any atom is -0.548 e. The van der Waals surface area contributed by atoms with Crippen molar-refractivity contribution in [1.82, 2.24) is 13.6 Å². The van der Waals surface area contributed by atoms with Crippen LogP contribution in [0.1, 0.15) is 48.5 Å². The molecule has 0 bridgehead atoms. The van der Waals surface area contributed by atoms with Crippen LogP contribution in [0.3, 0.4) is 0 Å². The third-order valence-electron chi connectivity index (χ3n) is 4.61. The smallest absolute Gasteiger partial charge is 0.257 e. The lowest BCUT2D eigenvalue weighted by Crippen LogP contribution is -2.22. The molecule has 0 fully saturated rings. The van der Waals surface area contributed by atoms with E-state index < -0.39 is 11.1 Å². The summed E-state index contributed by atoms with van der Waals surface area (Å²) < 4.78 is 24.6. The minimum atomic E-state index is -1.72. The number of carbonyl (C=O) groups excluding carboxylic acids is 1. The largest absolute Gasteiger partial charge is 0.548 e. The fraction of sp³-hybridized carbons (Fsp3) is 0.381. The van der Waals surface area contributed by atoms with Gasteiger partial charge in [0, 0.05) is 18.5 Å². The maximum Gasteiger partial charge on any atom is 0.257 e. The summed E-state index contributed by atoms with van der Waals surface area (Å²) in [7, 11) is 3.20. The molecule has 0 saturated heterocycles. The zero-order chi connectivity index (χ0) is 22.9. The van der Waals surface area contributed by atoms with Crippen LogP contribution in [0.4, 0.5) is 11.5 Å². The van der Waals surface area contributed by atoms with Gasteiger partial charge in [0.2, 0.25) is 11.3 Å². The summed E-state index contributed by atoms with van der Waals surface area (Å²) in [6.07, 6.45) is 1.66. The van der Waals surface area contributed by atoms with Crippen LogP contribution in [-0.2, 0) is 0 Å². The van der Waals surface area contributed by atoms with Crippen LogP contribution in [0.5, 0.6) is 5.75 Å². The molecule has 0 aliphatic carbocycles. The minimum absolute atomic E-state index is 0.139. The highest BCUT2D eigenvalue weighted by atomic mass is 32.2. The number of aromatic amines is 1. The monoisotopic (exact) mass is 445 g/mol. The van der Waals surface area contributed by atoms with Gasteiger partial charge in [-0.25, -0.2) is 4.99 Å². The third kappa shape index (κ3) is 4.97. The van der Waals surface area contributed by atoms with E-state index in [-0.39, 0.29) is 45.7 Å². The fourth-order valence-corrected chi connectivity index (χ4v) is 3.70. The number of benzene rings is 1. The SMILES string of the molecule is Cc1coc([C@H](N=c2[nH][s+]([O-])nc2Nc2cccc(C(=O)N(C)C)c2O)C(C)(C)C)c1. The average molecular weight is 446 g/mol. The number of hydrogen-bond acceptors (Lipinski definition) is 7. The highest BCUT2D eigenvalue weighted by Crippen LogP contribution is 2.37. The molecule has 2 aromatic heterocycles. The molecule has 31 heavy (non-hydrogen) atoms. The summed E-state index contributed by atoms with van der Waals surface area (Å²) in [5.41, 5.74) is 1.34. The van der Waals surface area contributed by atoms with E-state index >= 15 is 0 Å². The van der Waals surface area contributed by atoms with Gasteiger partial charge in [-0.15, -0.1) is 4.37 Å². The van der Waals surface area contributed by atoms with Crippen molar-refractivity contribution in [3.05, 3.63) is 52.9 Å². The molecule has 9 nitrogen and oxygen atoms in total. The lowest BCUT2D eigenvalue weighted by atomic mass is 9.85. The van der Waals surface area contributed by atoms with E-state index in [2.05, 4.69) is 14.1 Å². The molecule has 3 rings (SSSR count). The number of para-hydroxylation sites is 1. The number of furan rings is 1.